The average Bonchev–Trinajstić information content (AvgIpc) is 3.34. The van der Waals surface area contributed by atoms with E-state index in [1.165, 1.54) is 12.8 Å². The van der Waals surface area contributed by atoms with Crippen molar-refractivity contribution in [2.45, 2.75) is 38.1 Å². The fraction of sp³-hybridized carbons (Fsp3) is 0.273. The van der Waals surface area contributed by atoms with Crippen molar-refractivity contribution < 1.29 is 4.42 Å². The number of hydrogen-bond donors (Lipinski definition) is 0. The van der Waals surface area contributed by atoms with Gasteiger partial charge in [-0.2, -0.15) is 5.10 Å². The molecule has 0 N–H and O–H groups in total. The second kappa shape index (κ2) is 7.91. The lowest BCUT2D eigenvalue weighted by Crippen LogP contribution is -2.04. The summed E-state index contributed by atoms with van der Waals surface area (Å²) < 4.78 is 8.94. The van der Waals surface area contributed by atoms with Crippen molar-refractivity contribution in [2.24, 2.45) is 0 Å². The van der Waals surface area contributed by atoms with Crippen molar-refractivity contribution in [3.63, 3.8) is 0 Å². The first kappa shape index (κ1) is 18.2. The minimum absolute atomic E-state index is 0.488. The van der Waals surface area contributed by atoms with Crippen LogP contribution in [0.1, 0.15) is 37.0 Å². The highest BCUT2D eigenvalue weighted by Gasteiger charge is 2.28. The molecule has 0 unspecified atom stereocenters. The molecule has 29 heavy (non-hydrogen) atoms. The predicted octanol–water partition coefficient (Wildman–Crippen LogP) is 5.27. The van der Waals surface area contributed by atoms with Crippen LogP contribution in [0.2, 0.25) is 0 Å². The number of hydrogen-bond acceptors (Lipinski definition) is 5. The lowest BCUT2D eigenvalue weighted by molar-refractivity contribution is 0.492. The molecule has 1 saturated carbocycles. The molecule has 0 spiro atoms. The van der Waals surface area contributed by atoms with Crippen LogP contribution in [0.15, 0.2) is 63.5 Å². The molecule has 146 valence electrons. The first-order valence-electron chi connectivity index (χ1n) is 9.86. The van der Waals surface area contributed by atoms with E-state index in [9.17, 15) is 0 Å². The van der Waals surface area contributed by atoms with Gasteiger partial charge in [0.25, 0.3) is 0 Å². The fourth-order valence-electron chi connectivity index (χ4n) is 3.34. The third-order valence-electron chi connectivity index (χ3n) is 4.99. The van der Waals surface area contributed by atoms with Crippen molar-refractivity contribution in [3.05, 3.63) is 70.8 Å². The maximum atomic E-state index is 5.82. The maximum absolute atomic E-state index is 5.82. The van der Waals surface area contributed by atoms with E-state index >= 15 is 0 Å². The molecule has 7 heteroatoms. The molecule has 2 aromatic heterocycles. The van der Waals surface area contributed by atoms with Crippen LogP contribution in [0.4, 0.5) is 0 Å². The molecule has 6 nitrogen and oxygen atoms in total. The molecule has 0 bridgehead atoms. The van der Waals surface area contributed by atoms with Gasteiger partial charge in [-0.25, -0.2) is 9.67 Å². The second-order valence-corrected chi connectivity index (χ2v) is 8.08. The zero-order valence-corrected chi connectivity index (χ0v) is 17.4. The molecular formula is C22H20BrN5O. The summed E-state index contributed by atoms with van der Waals surface area (Å²) in [4.78, 5) is 4.84. The van der Waals surface area contributed by atoms with E-state index in [1.807, 2.05) is 54.6 Å². The minimum atomic E-state index is 0.488. The summed E-state index contributed by atoms with van der Waals surface area (Å²) in [5, 5.41) is 13.2. The van der Waals surface area contributed by atoms with Crippen LogP contribution in [0.3, 0.4) is 0 Å². The zero-order chi connectivity index (χ0) is 19.6. The summed E-state index contributed by atoms with van der Waals surface area (Å²) in [7, 11) is 0. The summed E-state index contributed by atoms with van der Waals surface area (Å²) in [6, 6.07) is 18.4. The highest BCUT2D eigenvalue weighted by atomic mass is 79.9. The molecule has 0 amide bonds. The Balaban J connectivity index is 1.29. The van der Waals surface area contributed by atoms with Gasteiger partial charge in [-0.15, -0.1) is 10.2 Å². The Hall–Kier alpha value is -2.80. The normalized spacial score (nSPS) is 13.7. The van der Waals surface area contributed by atoms with Crippen molar-refractivity contribution >= 4 is 15.9 Å². The summed E-state index contributed by atoms with van der Waals surface area (Å²) >= 11 is 3.61. The summed E-state index contributed by atoms with van der Waals surface area (Å²) in [6.07, 6.45) is 4.79. The molecule has 1 aliphatic rings. The van der Waals surface area contributed by atoms with Gasteiger partial charge < -0.3 is 4.42 Å². The Bertz CT molecular complexity index is 1120. The largest absolute Gasteiger partial charge is 0.421 e. The number of nitrogens with zero attached hydrogens (tertiary/aromatic N) is 5. The smallest absolute Gasteiger partial charge is 0.247 e. The molecule has 5 rings (SSSR count). The van der Waals surface area contributed by atoms with Gasteiger partial charge in [0.2, 0.25) is 11.8 Å². The van der Waals surface area contributed by atoms with Crippen LogP contribution < -0.4 is 0 Å². The average molecular weight is 450 g/mol. The van der Waals surface area contributed by atoms with Crippen molar-refractivity contribution in [3.8, 4) is 22.8 Å². The zero-order valence-electron chi connectivity index (χ0n) is 15.8. The third-order valence-corrected chi connectivity index (χ3v) is 5.68. The Morgan fingerprint density at radius 3 is 2.55 bits per heavy atom. The Morgan fingerprint density at radius 2 is 1.76 bits per heavy atom. The van der Waals surface area contributed by atoms with E-state index < -0.39 is 0 Å². The predicted molar refractivity (Wildman–Crippen MR) is 113 cm³/mol. The van der Waals surface area contributed by atoms with Gasteiger partial charge in [0.05, 0.1) is 6.04 Å². The SMILES string of the molecule is Brc1ccccc1-c1nc(CCCc2nnc(-c3ccccc3)o2)n(C2CC2)n1. The van der Waals surface area contributed by atoms with E-state index in [0.29, 0.717) is 17.8 Å². The van der Waals surface area contributed by atoms with Crippen LogP contribution in [0, 0.1) is 0 Å². The van der Waals surface area contributed by atoms with Gasteiger partial charge in [0, 0.05) is 28.4 Å². The van der Waals surface area contributed by atoms with E-state index in [-0.39, 0.29) is 0 Å². The number of halogens is 1. The highest BCUT2D eigenvalue weighted by Crippen LogP contribution is 2.36. The molecule has 0 saturated heterocycles. The van der Waals surface area contributed by atoms with Crippen molar-refractivity contribution in [1.29, 1.82) is 0 Å². The second-order valence-electron chi connectivity index (χ2n) is 7.23. The van der Waals surface area contributed by atoms with E-state index in [4.69, 9.17) is 14.5 Å². The molecular weight excluding hydrogens is 430 g/mol. The standard InChI is InChI=1S/C22H20BrN5O/c23-18-10-5-4-9-17(18)21-24-19(28(27-21)16-13-14-16)11-6-12-20-25-26-22(29-20)15-7-2-1-3-8-15/h1-5,7-10,16H,6,11-14H2. The fourth-order valence-corrected chi connectivity index (χ4v) is 3.81. The summed E-state index contributed by atoms with van der Waals surface area (Å²) in [6.45, 7) is 0. The Kier molecular flexibility index (Phi) is 4.97. The molecule has 0 aliphatic heterocycles. The number of aromatic nitrogens is 5. The molecule has 2 aromatic carbocycles. The lowest BCUT2D eigenvalue weighted by Gasteiger charge is -2.02. The van der Waals surface area contributed by atoms with Crippen LogP contribution in [0.25, 0.3) is 22.8 Å². The lowest BCUT2D eigenvalue weighted by atomic mass is 10.2. The molecule has 0 atom stereocenters. The van der Waals surface area contributed by atoms with E-state index in [0.717, 1.165) is 46.5 Å². The topological polar surface area (TPSA) is 69.6 Å². The van der Waals surface area contributed by atoms with Crippen LogP contribution in [-0.2, 0) is 12.8 Å². The molecule has 1 aliphatic carbocycles. The Labute approximate surface area is 177 Å². The first-order chi connectivity index (χ1) is 14.3. The van der Waals surface area contributed by atoms with E-state index in [1.54, 1.807) is 0 Å². The van der Waals surface area contributed by atoms with Gasteiger partial charge in [0.15, 0.2) is 5.82 Å². The molecule has 4 aromatic rings. The Morgan fingerprint density at radius 1 is 0.966 bits per heavy atom. The first-order valence-corrected chi connectivity index (χ1v) is 10.7. The van der Waals surface area contributed by atoms with Crippen LogP contribution in [0.5, 0.6) is 0 Å². The number of aryl methyl sites for hydroxylation is 2. The van der Waals surface area contributed by atoms with Gasteiger partial charge in [-0.3, -0.25) is 0 Å². The van der Waals surface area contributed by atoms with Crippen molar-refractivity contribution in [1.82, 2.24) is 25.0 Å². The minimum Gasteiger partial charge on any atom is -0.421 e. The van der Waals surface area contributed by atoms with Gasteiger partial charge in [-0.05, 0) is 43.5 Å². The van der Waals surface area contributed by atoms with Gasteiger partial charge in [0.1, 0.15) is 5.82 Å². The van der Waals surface area contributed by atoms with Crippen molar-refractivity contribution in [2.75, 3.05) is 0 Å². The third kappa shape index (κ3) is 4.00. The van der Waals surface area contributed by atoms with Crippen LogP contribution >= 0.6 is 15.9 Å². The van der Waals surface area contributed by atoms with Gasteiger partial charge in [-0.1, -0.05) is 46.3 Å². The maximum Gasteiger partial charge on any atom is 0.247 e. The highest BCUT2D eigenvalue weighted by molar-refractivity contribution is 9.10. The quantitative estimate of drug-likeness (QED) is 0.384. The number of benzene rings is 2. The molecule has 1 fully saturated rings. The molecule has 2 heterocycles. The number of rotatable bonds is 7. The van der Waals surface area contributed by atoms with Gasteiger partial charge >= 0.3 is 0 Å². The van der Waals surface area contributed by atoms with E-state index in [2.05, 4.69) is 30.8 Å². The molecule has 0 radical (unpaired) electrons. The monoisotopic (exact) mass is 449 g/mol. The summed E-state index contributed by atoms with van der Waals surface area (Å²) in [5.41, 5.74) is 1.97. The summed E-state index contributed by atoms with van der Waals surface area (Å²) in [5.74, 6) is 3.04. The van der Waals surface area contributed by atoms with Crippen LogP contribution in [-0.4, -0.2) is 25.0 Å².